The van der Waals surface area contributed by atoms with Crippen LogP contribution in [0.3, 0.4) is 0 Å². The molecule has 1 aromatic carbocycles. The molecule has 1 aliphatic carbocycles. The van der Waals surface area contributed by atoms with E-state index in [9.17, 15) is 4.79 Å². The lowest BCUT2D eigenvalue weighted by molar-refractivity contribution is -0.115. The smallest absolute Gasteiger partial charge is 0.159 e. The molecule has 0 spiro atoms. The summed E-state index contributed by atoms with van der Waals surface area (Å²) in [6, 6.07) is 10.4. The van der Waals surface area contributed by atoms with E-state index in [2.05, 4.69) is 31.2 Å². The van der Waals surface area contributed by atoms with E-state index in [-0.39, 0.29) is 0 Å². The normalized spacial score (nSPS) is 15.9. The maximum absolute atomic E-state index is 11.7. The number of ketones is 1. The number of carbonyl (C=O) groups is 1. The van der Waals surface area contributed by atoms with Crippen molar-refractivity contribution in [2.75, 3.05) is 0 Å². The first-order valence-electron chi connectivity index (χ1n) is 6.09. The number of hydrogen-bond donors (Lipinski definition) is 0. The van der Waals surface area contributed by atoms with Gasteiger partial charge in [0.25, 0.3) is 0 Å². The molecule has 0 radical (unpaired) electrons. The zero-order valence-corrected chi connectivity index (χ0v) is 9.83. The molecule has 1 aliphatic rings. The minimum Gasteiger partial charge on any atom is -0.295 e. The zero-order valence-electron chi connectivity index (χ0n) is 9.83. The second-order valence-electron chi connectivity index (χ2n) is 4.42. The van der Waals surface area contributed by atoms with Gasteiger partial charge in [-0.2, -0.15) is 0 Å². The molecule has 1 heteroatoms. The summed E-state index contributed by atoms with van der Waals surface area (Å²) in [4.78, 5) is 11.7. The van der Waals surface area contributed by atoms with E-state index < -0.39 is 0 Å². The van der Waals surface area contributed by atoms with Gasteiger partial charge in [0.15, 0.2) is 5.78 Å². The Labute approximate surface area is 97.2 Å². The third-order valence-electron chi connectivity index (χ3n) is 3.18. The molecule has 0 heterocycles. The molecule has 0 unspecified atom stereocenters. The first kappa shape index (κ1) is 11.1. The van der Waals surface area contributed by atoms with Gasteiger partial charge >= 0.3 is 0 Å². The maximum atomic E-state index is 11.7. The van der Waals surface area contributed by atoms with E-state index >= 15 is 0 Å². The Morgan fingerprint density at radius 2 is 1.88 bits per heavy atom. The van der Waals surface area contributed by atoms with Gasteiger partial charge in [0, 0.05) is 6.42 Å². The number of rotatable bonds is 4. The van der Waals surface area contributed by atoms with Crippen molar-refractivity contribution < 1.29 is 4.79 Å². The number of allylic oxidation sites excluding steroid dienone is 2. The van der Waals surface area contributed by atoms with Gasteiger partial charge in [-0.15, -0.1) is 0 Å². The Kier molecular flexibility index (Phi) is 3.55. The van der Waals surface area contributed by atoms with Crippen LogP contribution in [-0.2, 0) is 11.2 Å². The molecule has 0 saturated heterocycles. The van der Waals surface area contributed by atoms with Crippen molar-refractivity contribution in [3.63, 3.8) is 0 Å². The van der Waals surface area contributed by atoms with E-state index in [1.54, 1.807) is 0 Å². The van der Waals surface area contributed by atoms with Crippen LogP contribution in [0.15, 0.2) is 41.5 Å². The fraction of sp³-hybridized carbons (Fsp3) is 0.400. The zero-order chi connectivity index (χ0) is 11.4. The predicted molar refractivity (Wildman–Crippen MR) is 66.3 cm³/mol. The van der Waals surface area contributed by atoms with E-state index in [1.165, 1.54) is 11.1 Å². The third-order valence-corrected chi connectivity index (χ3v) is 3.18. The molecule has 0 aromatic heterocycles. The molecular formula is C15H18O. The van der Waals surface area contributed by atoms with E-state index in [0.717, 1.165) is 37.7 Å². The van der Waals surface area contributed by atoms with Gasteiger partial charge in [-0.1, -0.05) is 49.2 Å². The lowest BCUT2D eigenvalue weighted by atomic mass is 9.99. The Morgan fingerprint density at radius 1 is 1.12 bits per heavy atom. The number of hydrogen-bond acceptors (Lipinski definition) is 1. The molecule has 1 nitrogen and oxygen atoms in total. The van der Waals surface area contributed by atoms with Crippen LogP contribution in [0.25, 0.3) is 0 Å². The number of carbonyl (C=O) groups excluding carboxylic acids is 1. The van der Waals surface area contributed by atoms with Crippen LogP contribution in [0.2, 0.25) is 0 Å². The van der Waals surface area contributed by atoms with Gasteiger partial charge in [0.2, 0.25) is 0 Å². The SMILES string of the molecule is CCCC1=C(Cc2ccccc2)CCC1=O. The summed E-state index contributed by atoms with van der Waals surface area (Å²) in [5.74, 6) is 0.382. The fourth-order valence-corrected chi connectivity index (χ4v) is 2.37. The highest BCUT2D eigenvalue weighted by Gasteiger charge is 2.21. The largest absolute Gasteiger partial charge is 0.295 e. The summed E-state index contributed by atoms with van der Waals surface area (Å²) < 4.78 is 0. The van der Waals surface area contributed by atoms with E-state index in [0.29, 0.717) is 5.78 Å². The summed E-state index contributed by atoms with van der Waals surface area (Å²) in [6.45, 7) is 2.14. The molecule has 16 heavy (non-hydrogen) atoms. The Hall–Kier alpha value is -1.37. The second-order valence-corrected chi connectivity index (χ2v) is 4.42. The van der Waals surface area contributed by atoms with Gasteiger partial charge in [0.1, 0.15) is 0 Å². The number of Topliss-reactive ketones (excluding diaryl/α,β-unsaturated/α-hetero) is 1. The maximum Gasteiger partial charge on any atom is 0.159 e. The van der Waals surface area contributed by atoms with Crippen LogP contribution in [-0.4, -0.2) is 5.78 Å². The fourth-order valence-electron chi connectivity index (χ4n) is 2.37. The van der Waals surface area contributed by atoms with Crippen molar-refractivity contribution in [3.05, 3.63) is 47.0 Å². The highest BCUT2D eigenvalue weighted by molar-refractivity contribution is 5.98. The average molecular weight is 214 g/mol. The van der Waals surface area contributed by atoms with Crippen molar-refractivity contribution in [3.8, 4) is 0 Å². The van der Waals surface area contributed by atoms with Crippen LogP contribution in [0.4, 0.5) is 0 Å². The third kappa shape index (κ3) is 2.41. The van der Waals surface area contributed by atoms with Gasteiger partial charge in [-0.05, 0) is 30.4 Å². The predicted octanol–water partition coefficient (Wildman–Crippen LogP) is 3.69. The first-order valence-corrected chi connectivity index (χ1v) is 6.09. The summed E-state index contributed by atoms with van der Waals surface area (Å²) in [5.41, 5.74) is 3.81. The van der Waals surface area contributed by atoms with E-state index in [4.69, 9.17) is 0 Å². The minimum atomic E-state index is 0.382. The van der Waals surface area contributed by atoms with Crippen molar-refractivity contribution in [2.45, 2.75) is 39.0 Å². The van der Waals surface area contributed by atoms with Crippen molar-refractivity contribution in [1.82, 2.24) is 0 Å². The highest BCUT2D eigenvalue weighted by Crippen LogP contribution is 2.28. The Bertz CT molecular complexity index is 401. The molecule has 0 bridgehead atoms. The second kappa shape index (κ2) is 5.11. The molecule has 2 rings (SSSR count). The topological polar surface area (TPSA) is 17.1 Å². The van der Waals surface area contributed by atoms with Gasteiger partial charge in [-0.25, -0.2) is 0 Å². The van der Waals surface area contributed by atoms with Crippen LogP contribution >= 0.6 is 0 Å². The number of benzene rings is 1. The molecule has 1 aromatic rings. The van der Waals surface area contributed by atoms with Crippen LogP contribution < -0.4 is 0 Å². The molecule has 0 amide bonds. The quantitative estimate of drug-likeness (QED) is 0.747. The Balaban J connectivity index is 2.17. The molecule has 84 valence electrons. The lowest BCUT2D eigenvalue weighted by Gasteiger charge is -2.05. The van der Waals surface area contributed by atoms with Crippen LogP contribution in [0, 0.1) is 0 Å². The van der Waals surface area contributed by atoms with Crippen LogP contribution in [0.1, 0.15) is 38.2 Å². The first-order chi connectivity index (χ1) is 7.81. The van der Waals surface area contributed by atoms with Crippen molar-refractivity contribution in [2.24, 2.45) is 0 Å². The molecular weight excluding hydrogens is 196 g/mol. The standard InChI is InChI=1S/C15H18O/c1-2-6-14-13(9-10-15(14)16)11-12-7-4-3-5-8-12/h3-5,7-8H,2,6,9-11H2,1H3. The molecule has 0 saturated carbocycles. The Morgan fingerprint density at radius 3 is 2.56 bits per heavy atom. The summed E-state index contributed by atoms with van der Waals surface area (Å²) in [7, 11) is 0. The summed E-state index contributed by atoms with van der Waals surface area (Å²) in [5, 5.41) is 0. The van der Waals surface area contributed by atoms with Crippen molar-refractivity contribution in [1.29, 1.82) is 0 Å². The molecule has 0 fully saturated rings. The summed E-state index contributed by atoms with van der Waals surface area (Å²) in [6.07, 6.45) is 4.70. The van der Waals surface area contributed by atoms with E-state index in [1.807, 2.05) is 6.07 Å². The average Bonchev–Trinajstić information content (AvgIpc) is 2.64. The monoisotopic (exact) mass is 214 g/mol. The molecule has 0 N–H and O–H groups in total. The van der Waals surface area contributed by atoms with Gasteiger partial charge in [0.05, 0.1) is 0 Å². The van der Waals surface area contributed by atoms with Gasteiger partial charge in [-0.3, -0.25) is 4.79 Å². The molecule has 0 atom stereocenters. The van der Waals surface area contributed by atoms with Gasteiger partial charge < -0.3 is 0 Å². The van der Waals surface area contributed by atoms with Crippen LogP contribution in [0.5, 0.6) is 0 Å². The molecule has 0 aliphatic heterocycles. The highest BCUT2D eigenvalue weighted by atomic mass is 16.1. The minimum absolute atomic E-state index is 0.382. The lowest BCUT2D eigenvalue weighted by Crippen LogP contribution is -1.97. The van der Waals surface area contributed by atoms with Crippen molar-refractivity contribution >= 4 is 5.78 Å². The summed E-state index contributed by atoms with van der Waals surface area (Å²) >= 11 is 0.